The number of unbranched alkanes of at least 4 members (excludes halogenated alkanes) is 3. The lowest BCUT2D eigenvalue weighted by atomic mass is 9.78. The third kappa shape index (κ3) is 8.44. The van der Waals surface area contributed by atoms with Gasteiger partial charge in [-0.05, 0) is 78.0 Å². The van der Waals surface area contributed by atoms with Gasteiger partial charge in [0.1, 0.15) is 24.7 Å². The third-order valence-electron chi connectivity index (χ3n) is 13.6. The Hall–Kier alpha value is -3.84. The second-order valence-corrected chi connectivity index (χ2v) is 20.7. The summed E-state index contributed by atoms with van der Waals surface area (Å²) >= 11 is 0. The highest BCUT2D eigenvalue weighted by molar-refractivity contribution is 5.87. The molecule has 0 amide bonds. The summed E-state index contributed by atoms with van der Waals surface area (Å²) in [6.45, 7) is 37.9. The molecule has 0 aliphatic carbocycles. The van der Waals surface area contributed by atoms with Gasteiger partial charge in [-0.25, -0.2) is 0 Å². The molecule has 7 heteroatoms. The maximum atomic E-state index is 7.37. The predicted octanol–water partition coefficient (Wildman–Crippen LogP) is 11.9. The van der Waals surface area contributed by atoms with Gasteiger partial charge in [0.05, 0.1) is 42.9 Å². The molecule has 3 aliphatic heterocycles. The Morgan fingerprint density at radius 1 is 0.610 bits per heavy atom. The molecule has 6 rings (SSSR count). The minimum atomic E-state index is -1.20. The molecule has 0 bridgehead atoms. The molecule has 0 aromatic heterocycles. The lowest BCUT2D eigenvalue weighted by Crippen LogP contribution is -2.61. The van der Waals surface area contributed by atoms with Crippen LogP contribution in [0.25, 0.3) is 11.1 Å². The van der Waals surface area contributed by atoms with Crippen LogP contribution in [0.5, 0.6) is 23.0 Å². The van der Waals surface area contributed by atoms with E-state index in [1.54, 1.807) is 0 Å². The van der Waals surface area contributed by atoms with Gasteiger partial charge in [0.15, 0.2) is 23.9 Å². The van der Waals surface area contributed by atoms with E-state index < -0.39 is 6.03 Å². The molecule has 3 aliphatic rings. The second-order valence-electron chi connectivity index (χ2n) is 20.7. The van der Waals surface area contributed by atoms with E-state index in [9.17, 15) is 0 Å². The molecular weight excluding hydrogens is 731 g/mol. The van der Waals surface area contributed by atoms with Crippen molar-refractivity contribution in [3.05, 3.63) is 70.8 Å². The van der Waals surface area contributed by atoms with E-state index in [1.165, 1.54) is 69.3 Å². The SMILES string of the molecule is CCCC[N+](CCCC)(CCCC)CCOc1cccc(OCCC)c1-c1ccc2c(c1)C=[N+]1C3(O2)Oc2c(cc(C(C)(C)C)cc2C(C)(C)C)C=[N+]3C(C)(C)C1(C)C. The Balaban J connectivity index is 1.42. The van der Waals surface area contributed by atoms with Gasteiger partial charge in [-0.15, -0.1) is 0 Å². The number of hydrogen-bond acceptors (Lipinski definition) is 4. The van der Waals surface area contributed by atoms with Crippen molar-refractivity contribution in [1.82, 2.24) is 0 Å². The Kier molecular flexibility index (Phi) is 12.8. The molecule has 3 aromatic carbocycles. The van der Waals surface area contributed by atoms with Crippen molar-refractivity contribution in [2.75, 3.05) is 39.4 Å². The molecule has 59 heavy (non-hydrogen) atoms. The van der Waals surface area contributed by atoms with Crippen molar-refractivity contribution in [1.29, 1.82) is 0 Å². The van der Waals surface area contributed by atoms with E-state index in [0.717, 1.165) is 62.7 Å². The Bertz CT molecular complexity index is 2020. The Morgan fingerprint density at radius 3 is 1.69 bits per heavy atom. The van der Waals surface area contributed by atoms with Crippen LogP contribution in [-0.2, 0) is 10.8 Å². The van der Waals surface area contributed by atoms with Crippen molar-refractivity contribution in [3.63, 3.8) is 0 Å². The number of fused-ring (bicyclic) bond motifs is 2. The molecule has 1 saturated heterocycles. The van der Waals surface area contributed by atoms with Crippen LogP contribution in [0.3, 0.4) is 0 Å². The summed E-state index contributed by atoms with van der Waals surface area (Å²) in [6, 6.07) is 16.3. The Labute approximate surface area is 358 Å². The molecule has 0 radical (unpaired) electrons. The summed E-state index contributed by atoms with van der Waals surface area (Å²) in [4.78, 5) is 0. The van der Waals surface area contributed by atoms with E-state index in [1.807, 2.05) is 0 Å². The van der Waals surface area contributed by atoms with Crippen LogP contribution < -0.4 is 18.9 Å². The van der Waals surface area contributed by atoms with Crippen molar-refractivity contribution in [2.24, 2.45) is 0 Å². The number of rotatable bonds is 17. The smallest absolute Gasteiger partial charge is 0.493 e. The molecule has 1 unspecified atom stereocenters. The standard InChI is InChI=1S/C52H78N3O4/c1-15-19-27-55(28-20-16-2,29-21-17-3)30-32-57-45-24-22-23-44(56-31-18-4)46(45)38-25-26-43-39(33-38)36-53-50(11,12)51(13,14)54-37-40-34-41(48(5,6)7)35-42(49(8,9)10)47(40)59-52(53,54)58-43/h22-26,33-37H,15-21,27-32H2,1-14H3/q+3. The van der Waals surface area contributed by atoms with Gasteiger partial charge in [-0.3, -0.25) is 0 Å². The van der Waals surface area contributed by atoms with Crippen molar-refractivity contribution < 1.29 is 32.6 Å². The van der Waals surface area contributed by atoms with E-state index in [-0.39, 0.29) is 21.9 Å². The number of nitrogens with zero attached hydrogens (tertiary/aromatic N) is 3. The summed E-state index contributed by atoms with van der Waals surface area (Å²) in [6.07, 6.45) is 12.9. The van der Waals surface area contributed by atoms with Crippen LogP contribution in [0, 0.1) is 0 Å². The average molecular weight is 809 g/mol. The highest BCUT2D eigenvalue weighted by atomic mass is 16.7. The third-order valence-corrected chi connectivity index (χ3v) is 13.6. The van der Waals surface area contributed by atoms with E-state index in [0.29, 0.717) is 13.2 Å². The van der Waals surface area contributed by atoms with Crippen LogP contribution in [0.15, 0.2) is 48.5 Å². The van der Waals surface area contributed by atoms with Crippen LogP contribution >= 0.6 is 0 Å². The maximum absolute atomic E-state index is 7.37. The molecule has 0 saturated carbocycles. The molecular formula is C52H78N3O4+3. The van der Waals surface area contributed by atoms with Crippen LogP contribution in [0.4, 0.5) is 0 Å². The fraction of sp³-hybridized carbons (Fsp3) is 0.615. The number of benzene rings is 3. The molecule has 322 valence electrons. The molecule has 7 nitrogen and oxygen atoms in total. The van der Waals surface area contributed by atoms with Gasteiger partial charge in [0.2, 0.25) is 11.1 Å². The molecule has 3 heterocycles. The number of quaternary nitrogens is 1. The van der Waals surface area contributed by atoms with Crippen molar-refractivity contribution >= 4 is 12.4 Å². The van der Waals surface area contributed by atoms with Gasteiger partial charge in [0.25, 0.3) is 0 Å². The fourth-order valence-corrected chi connectivity index (χ4v) is 9.17. The highest BCUT2D eigenvalue weighted by Gasteiger charge is 2.83. The second kappa shape index (κ2) is 16.9. The normalized spacial score (nSPS) is 19.0. The molecule has 1 atom stereocenters. The summed E-state index contributed by atoms with van der Waals surface area (Å²) in [5.41, 5.74) is 5.70. The van der Waals surface area contributed by atoms with Crippen LogP contribution in [-0.4, -0.2) is 82.6 Å². The molecule has 1 fully saturated rings. The summed E-state index contributed by atoms with van der Waals surface area (Å²) in [5, 5.41) is 0. The minimum Gasteiger partial charge on any atom is -0.493 e. The zero-order chi connectivity index (χ0) is 43.0. The number of hydrogen-bond donors (Lipinski definition) is 0. The van der Waals surface area contributed by atoms with Gasteiger partial charge in [-0.1, -0.05) is 116 Å². The van der Waals surface area contributed by atoms with Gasteiger partial charge < -0.3 is 23.4 Å². The fourth-order valence-electron chi connectivity index (χ4n) is 9.17. The van der Waals surface area contributed by atoms with Crippen molar-refractivity contribution in [3.8, 4) is 34.1 Å². The first-order chi connectivity index (χ1) is 27.8. The van der Waals surface area contributed by atoms with Gasteiger partial charge >= 0.3 is 6.03 Å². The van der Waals surface area contributed by atoms with E-state index in [4.69, 9.17) is 18.9 Å². The molecule has 1 spiro atoms. The largest absolute Gasteiger partial charge is 0.705 e. The lowest BCUT2D eigenvalue weighted by Gasteiger charge is -2.39. The first kappa shape index (κ1) is 44.7. The highest BCUT2D eigenvalue weighted by Crippen LogP contribution is 2.52. The van der Waals surface area contributed by atoms with Crippen molar-refractivity contribution in [2.45, 2.75) is 170 Å². The molecule has 0 N–H and O–H groups in total. The molecule has 3 aromatic rings. The monoisotopic (exact) mass is 809 g/mol. The number of ether oxygens (including phenoxy) is 4. The topological polar surface area (TPSA) is 42.9 Å². The zero-order valence-electron chi connectivity index (χ0n) is 39.4. The summed E-state index contributed by atoms with van der Waals surface area (Å²) in [7, 11) is 0. The van der Waals surface area contributed by atoms with E-state index in [2.05, 4.69) is 167 Å². The first-order valence-electron chi connectivity index (χ1n) is 23.0. The van der Waals surface area contributed by atoms with Gasteiger partial charge in [-0.2, -0.15) is 0 Å². The Morgan fingerprint density at radius 2 is 1.17 bits per heavy atom. The zero-order valence-corrected chi connectivity index (χ0v) is 39.4. The average Bonchev–Trinajstić information content (AvgIpc) is 3.30. The predicted molar refractivity (Wildman–Crippen MR) is 244 cm³/mol. The summed E-state index contributed by atoms with van der Waals surface area (Å²) < 4.78 is 33.7. The minimum absolute atomic E-state index is 0.0115. The van der Waals surface area contributed by atoms with Crippen LogP contribution in [0.1, 0.15) is 164 Å². The van der Waals surface area contributed by atoms with Crippen LogP contribution in [0.2, 0.25) is 0 Å². The first-order valence-corrected chi connectivity index (χ1v) is 23.0. The maximum Gasteiger partial charge on any atom is 0.705 e. The van der Waals surface area contributed by atoms with Gasteiger partial charge in [0, 0.05) is 33.3 Å². The lowest BCUT2D eigenvalue weighted by molar-refractivity contribution is -0.928. The summed E-state index contributed by atoms with van der Waals surface area (Å²) in [5.74, 6) is 3.38. The quantitative estimate of drug-likeness (QED) is 0.101. The van der Waals surface area contributed by atoms with E-state index >= 15 is 0 Å².